The van der Waals surface area contributed by atoms with Crippen LogP contribution in [-0.4, -0.2) is 40.2 Å². The first-order valence-electron chi connectivity index (χ1n) is 11.1. The van der Waals surface area contributed by atoms with Crippen molar-refractivity contribution in [3.05, 3.63) is 76.1 Å². The molecule has 1 aliphatic carbocycles. The number of rotatable bonds is 6. The molecule has 178 valence electrons. The molecule has 34 heavy (non-hydrogen) atoms. The van der Waals surface area contributed by atoms with E-state index in [-0.39, 0.29) is 11.7 Å². The molecule has 2 atom stereocenters. The van der Waals surface area contributed by atoms with Gasteiger partial charge in [-0.15, -0.1) is 0 Å². The van der Waals surface area contributed by atoms with Gasteiger partial charge in [0.05, 0.1) is 39.9 Å². The molecule has 7 nitrogen and oxygen atoms in total. The predicted molar refractivity (Wildman–Crippen MR) is 127 cm³/mol. The zero-order chi connectivity index (χ0) is 24.4. The van der Waals surface area contributed by atoms with Crippen molar-refractivity contribution in [3.8, 4) is 17.2 Å². The summed E-state index contributed by atoms with van der Waals surface area (Å²) in [5, 5.41) is 3.34. The lowest BCUT2D eigenvalue weighted by Gasteiger charge is -2.37. The summed E-state index contributed by atoms with van der Waals surface area (Å²) < 4.78 is 21.5. The van der Waals surface area contributed by atoms with E-state index in [1.807, 2.05) is 43.3 Å². The number of carbonyl (C=O) groups is 2. The Bertz CT molecular complexity index is 1180. The summed E-state index contributed by atoms with van der Waals surface area (Å²) >= 11 is 0. The second kappa shape index (κ2) is 9.63. The molecular weight excluding hydrogens is 434 g/mol. The van der Waals surface area contributed by atoms with Crippen molar-refractivity contribution in [3.63, 3.8) is 0 Å². The number of para-hydroxylation sites is 1. The Hall–Kier alpha value is -3.74. The number of benzene rings is 2. The highest BCUT2D eigenvalue weighted by Gasteiger charge is 2.42. The molecule has 0 saturated carbocycles. The van der Waals surface area contributed by atoms with Crippen molar-refractivity contribution in [2.24, 2.45) is 0 Å². The van der Waals surface area contributed by atoms with E-state index >= 15 is 0 Å². The number of esters is 1. The van der Waals surface area contributed by atoms with Gasteiger partial charge >= 0.3 is 5.97 Å². The lowest BCUT2D eigenvalue weighted by molar-refractivity contribution is -0.136. The average Bonchev–Trinajstić information content (AvgIpc) is 2.86. The number of carbonyl (C=O) groups excluding carboxylic acids is 2. The fraction of sp³-hybridized carbons (Fsp3) is 0.333. The summed E-state index contributed by atoms with van der Waals surface area (Å²) in [6.07, 6.45) is 0.977. The highest BCUT2D eigenvalue weighted by atomic mass is 16.5. The van der Waals surface area contributed by atoms with Crippen LogP contribution in [-0.2, 0) is 14.3 Å². The van der Waals surface area contributed by atoms with Crippen LogP contribution in [0, 0.1) is 0 Å². The summed E-state index contributed by atoms with van der Waals surface area (Å²) in [5.74, 6) is 0.677. The normalized spacial score (nSPS) is 19.9. The summed E-state index contributed by atoms with van der Waals surface area (Å²) in [6, 6.07) is 13.3. The second-order valence-electron chi connectivity index (χ2n) is 8.36. The maximum absolute atomic E-state index is 13.7. The number of methoxy groups -OCH3 is 4. The molecule has 2 aromatic rings. The van der Waals surface area contributed by atoms with Crippen LogP contribution in [0.3, 0.4) is 0 Å². The van der Waals surface area contributed by atoms with Crippen molar-refractivity contribution in [1.82, 2.24) is 5.32 Å². The van der Waals surface area contributed by atoms with Crippen LogP contribution in [0.5, 0.6) is 17.2 Å². The maximum Gasteiger partial charge on any atom is 0.336 e. The summed E-state index contributed by atoms with van der Waals surface area (Å²) in [5.41, 5.74) is 4.19. The van der Waals surface area contributed by atoms with E-state index in [1.54, 1.807) is 27.4 Å². The van der Waals surface area contributed by atoms with Crippen LogP contribution < -0.4 is 19.5 Å². The molecule has 0 unspecified atom stereocenters. The molecule has 0 fully saturated rings. The van der Waals surface area contributed by atoms with Gasteiger partial charge in [0.2, 0.25) is 0 Å². The van der Waals surface area contributed by atoms with Gasteiger partial charge in [-0.1, -0.05) is 24.3 Å². The molecule has 4 rings (SSSR count). The highest BCUT2D eigenvalue weighted by molar-refractivity contribution is 6.04. The number of hydrogen-bond acceptors (Lipinski definition) is 7. The topological polar surface area (TPSA) is 83.1 Å². The standard InChI is InChI=1S/C27H29NO6/c1-15-23(27(30)34-5)24(19-7-6-8-22(32-3)26(19)33-4)25-20(28-15)13-17(14-21(25)29)16-9-11-18(31-2)12-10-16/h6-12,17,24,28H,13-14H2,1-5H3/t17-,24-/m1/s1. The van der Waals surface area contributed by atoms with Gasteiger partial charge in [-0.25, -0.2) is 4.79 Å². The molecule has 2 aliphatic rings. The molecule has 0 saturated heterocycles. The smallest absolute Gasteiger partial charge is 0.336 e. The quantitative estimate of drug-likeness (QED) is 0.642. The third kappa shape index (κ3) is 4.02. The fourth-order valence-corrected chi connectivity index (χ4v) is 4.98. The third-order valence-corrected chi connectivity index (χ3v) is 6.56. The van der Waals surface area contributed by atoms with Crippen molar-refractivity contribution in [1.29, 1.82) is 0 Å². The van der Waals surface area contributed by atoms with Gasteiger partial charge in [-0.05, 0) is 43.0 Å². The van der Waals surface area contributed by atoms with Gasteiger partial charge in [-0.2, -0.15) is 0 Å². The van der Waals surface area contributed by atoms with Gasteiger partial charge in [0.25, 0.3) is 0 Å². The van der Waals surface area contributed by atoms with E-state index in [4.69, 9.17) is 18.9 Å². The molecule has 0 bridgehead atoms. The molecule has 0 amide bonds. The van der Waals surface area contributed by atoms with E-state index < -0.39 is 11.9 Å². The minimum atomic E-state index is -0.627. The second-order valence-corrected chi connectivity index (χ2v) is 8.36. The van der Waals surface area contributed by atoms with Crippen molar-refractivity contribution >= 4 is 11.8 Å². The Labute approximate surface area is 199 Å². The van der Waals surface area contributed by atoms with E-state index in [0.717, 1.165) is 17.0 Å². The molecule has 0 spiro atoms. The minimum absolute atomic E-state index is 0.0154. The lowest BCUT2D eigenvalue weighted by atomic mass is 9.71. The first-order valence-corrected chi connectivity index (χ1v) is 11.1. The third-order valence-electron chi connectivity index (χ3n) is 6.56. The van der Waals surface area contributed by atoms with Crippen LogP contribution in [0.15, 0.2) is 65.0 Å². The molecular formula is C27H29NO6. The minimum Gasteiger partial charge on any atom is -0.497 e. The van der Waals surface area contributed by atoms with Gasteiger partial charge < -0.3 is 24.3 Å². The predicted octanol–water partition coefficient (Wildman–Crippen LogP) is 4.25. The largest absolute Gasteiger partial charge is 0.497 e. The summed E-state index contributed by atoms with van der Waals surface area (Å²) in [4.78, 5) is 26.6. The van der Waals surface area contributed by atoms with Gasteiger partial charge in [0.1, 0.15) is 5.75 Å². The Kier molecular flexibility index (Phi) is 6.63. The molecule has 1 heterocycles. The zero-order valence-corrected chi connectivity index (χ0v) is 20.1. The maximum atomic E-state index is 13.7. The average molecular weight is 464 g/mol. The molecule has 1 N–H and O–H groups in total. The number of hydrogen-bond donors (Lipinski definition) is 1. The van der Waals surface area contributed by atoms with E-state index in [9.17, 15) is 9.59 Å². The number of nitrogens with one attached hydrogen (secondary N) is 1. The van der Waals surface area contributed by atoms with E-state index in [1.165, 1.54) is 7.11 Å². The van der Waals surface area contributed by atoms with Crippen molar-refractivity contribution in [2.75, 3.05) is 28.4 Å². The van der Waals surface area contributed by atoms with Crippen LogP contribution >= 0.6 is 0 Å². The van der Waals surface area contributed by atoms with Crippen LogP contribution in [0.1, 0.15) is 42.7 Å². The Morgan fingerprint density at radius 3 is 2.29 bits per heavy atom. The van der Waals surface area contributed by atoms with E-state index in [0.29, 0.717) is 46.7 Å². The lowest BCUT2D eigenvalue weighted by Crippen LogP contribution is -2.36. The number of allylic oxidation sites excluding steroid dienone is 3. The highest BCUT2D eigenvalue weighted by Crippen LogP contribution is 2.49. The van der Waals surface area contributed by atoms with Crippen LogP contribution in [0.2, 0.25) is 0 Å². The van der Waals surface area contributed by atoms with Gasteiger partial charge in [-0.3, -0.25) is 4.79 Å². The van der Waals surface area contributed by atoms with Gasteiger partial charge in [0, 0.05) is 29.0 Å². The van der Waals surface area contributed by atoms with Crippen molar-refractivity contribution in [2.45, 2.75) is 31.6 Å². The Balaban J connectivity index is 1.84. The van der Waals surface area contributed by atoms with Crippen LogP contribution in [0.25, 0.3) is 0 Å². The van der Waals surface area contributed by atoms with Crippen molar-refractivity contribution < 1.29 is 28.5 Å². The molecule has 0 aromatic heterocycles. The number of Topliss-reactive ketones (excluding diaryl/α,β-unsaturated/α-hetero) is 1. The fourth-order valence-electron chi connectivity index (χ4n) is 4.98. The zero-order valence-electron chi connectivity index (χ0n) is 20.1. The first kappa shape index (κ1) is 23.4. The molecule has 1 aliphatic heterocycles. The van der Waals surface area contributed by atoms with E-state index in [2.05, 4.69) is 5.32 Å². The monoisotopic (exact) mass is 463 g/mol. The first-order chi connectivity index (χ1) is 16.4. The number of dihydropyridines is 1. The summed E-state index contributed by atoms with van der Waals surface area (Å²) in [6.45, 7) is 1.83. The molecule has 0 radical (unpaired) electrons. The number of ketones is 1. The Morgan fingerprint density at radius 2 is 1.68 bits per heavy atom. The Morgan fingerprint density at radius 1 is 0.941 bits per heavy atom. The molecule has 7 heteroatoms. The summed E-state index contributed by atoms with van der Waals surface area (Å²) in [7, 11) is 6.08. The van der Waals surface area contributed by atoms with Gasteiger partial charge in [0.15, 0.2) is 17.3 Å². The SMILES string of the molecule is COC(=O)C1=C(C)NC2=C(C(=O)C[C@H](c3ccc(OC)cc3)C2)[C@@H]1c1cccc(OC)c1OC. The molecule has 2 aromatic carbocycles. The van der Waals surface area contributed by atoms with Crippen LogP contribution in [0.4, 0.5) is 0 Å². The number of ether oxygens (including phenoxy) is 4.